The molecular weight excluding hydrogens is 276 g/mol. The van der Waals surface area contributed by atoms with Gasteiger partial charge < -0.3 is 4.74 Å². The molecule has 3 rings (SSSR count). The van der Waals surface area contributed by atoms with Gasteiger partial charge in [0.15, 0.2) is 0 Å². The summed E-state index contributed by atoms with van der Waals surface area (Å²) in [6.07, 6.45) is 1.05. The van der Waals surface area contributed by atoms with Crippen LogP contribution in [0.5, 0.6) is 5.75 Å². The zero-order valence-corrected chi connectivity index (χ0v) is 13.8. The van der Waals surface area contributed by atoms with E-state index in [9.17, 15) is 0 Å². The number of methoxy groups -OCH3 is 1. The molecule has 0 spiro atoms. The average Bonchev–Trinajstić information content (AvgIpc) is 2.84. The Hall–Kier alpha value is -1.80. The fourth-order valence-corrected chi connectivity index (χ4v) is 4.48. The number of ether oxygens (including phenoxy) is 1. The van der Waals surface area contributed by atoms with Gasteiger partial charge in [-0.05, 0) is 66.1 Å². The minimum absolute atomic E-state index is 0.930. The van der Waals surface area contributed by atoms with E-state index < -0.39 is 0 Å². The Balaban J connectivity index is 2.32. The van der Waals surface area contributed by atoms with Gasteiger partial charge in [0.2, 0.25) is 0 Å². The minimum Gasteiger partial charge on any atom is -0.497 e. The Morgan fingerprint density at radius 1 is 1.05 bits per heavy atom. The first-order chi connectivity index (χ1) is 10.2. The molecule has 0 aliphatic rings. The molecule has 2 aromatic carbocycles. The molecule has 0 atom stereocenters. The summed E-state index contributed by atoms with van der Waals surface area (Å²) in [7, 11) is 1.72. The summed E-state index contributed by atoms with van der Waals surface area (Å²) in [6, 6.07) is 12.9. The zero-order valence-electron chi connectivity index (χ0n) is 13.0. The molecular formula is C19H20OS. The van der Waals surface area contributed by atoms with Gasteiger partial charge in [-0.3, -0.25) is 0 Å². The molecule has 0 N–H and O–H groups in total. The van der Waals surface area contributed by atoms with Gasteiger partial charge in [0.1, 0.15) is 5.75 Å². The first-order valence-electron chi connectivity index (χ1n) is 7.31. The van der Waals surface area contributed by atoms with Crippen molar-refractivity contribution in [3.8, 4) is 16.2 Å². The largest absolute Gasteiger partial charge is 0.497 e. The lowest BCUT2D eigenvalue weighted by atomic mass is 9.97. The van der Waals surface area contributed by atoms with Gasteiger partial charge in [-0.1, -0.05) is 25.1 Å². The second kappa shape index (κ2) is 5.53. The van der Waals surface area contributed by atoms with Gasteiger partial charge in [0.05, 0.1) is 7.11 Å². The Labute approximate surface area is 130 Å². The lowest BCUT2D eigenvalue weighted by Gasteiger charge is -2.09. The molecule has 3 aromatic rings. The molecule has 2 heteroatoms. The van der Waals surface area contributed by atoms with Gasteiger partial charge in [-0.25, -0.2) is 0 Å². The third-order valence-electron chi connectivity index (χ3n) is 4.06. The molecule has 1 nitrogen and oxygen atoms in total. The third kappa shape index (κ3) is 2.34. The predicted molar refractivity (Wildman–Crippen MR) is 92.7 cm³/mol. The van der Waals surface area contributed by atoms with Crippen LogP contribution in [-0.4, -0.2) is 7.11 Å². The number of fused-ring (bicyclic) bond motifs is 1. The quantitative estimate of drug-likeness (QED) is 0.597. The van der Waals surface area contributed by atoms with Crippen molar-refractivity contribution in [2.24, 2.45) is 0 Å². The molecule has 0 aliphatic carbocycles. The van der Waals surface area contributed by atoms with Crippen molar-refractivity contribution in [2.45, 2.75) is 27.2 Å². The lowest BCUT2D eigenvalue weighted by Crippen LogP contribution is -1.89. The zero-order chi connectivity index (χ0) is 15.0. The molecule has 0 saturated carbocycles. The fourth-order valence-electron chi connectivity index (χ4n) is 2.98. The van der Waals surface area contributed by atoms with E-state index >= 15 is 0 Å². The van der Waals surface area contributed by atoms with E-state index in [1.165, 1.54) is 37.2 Å². The highest BCUT2D eigenvalue weighted by Crippen LogP contribution is 2.42. The second-order valence-corrected chi connectivity index (χ2v) is 6.44. The van der Waals surface area contributed by atoms with Crippen molar-refractivity contribution >= 4 is 21.4 Å². The summed E-state index contributed by atoms with van der Waals surface area (Å²) in [5.41, 5.74) is 5.55. The summed E-state index contributed by atoms with van der Waals surface area (Å²) in [5.74, 6) is 0.930. The lowest BCUT2D eigenvalue weighted by molar-refractivity contribution is 0.415. The van der Waals surface area contributed by atoms with Gasteiger partial charge in [0.25, 0.3) is 0 Å². The van der Waals surface area contributed by atoms with Crippen LogP contribution >= 0.6 is 11.3 Å². The number of benzene rings is 2. The normalized spacial score (nSPS) is 11.0. The molecule has 0 unspecified atom stereocenters. The van der Waals surface area contributed by atoms with Crippen LogP contribution in [0.1, 0.15) is 23.6 Å². The van der Waals surface area contributed by atoms with Crippen LogP contribution < -0.4 is 4.74 Å². The molecule has 0 saturated heterocycles. The highest BCUT2D eigenvalue weighted by molar-refractivity contribution is 7.22. The highest BCUT2D eigenvalue weighted by atomic mass is 32.1. The summed E-state index contributed by atoms with van der Waals surface area (Å²) >= 11 is 1.88. The van der Waals surface area contributed by atoms with Crippen LogP contribution in [-0.2, 0) is 6.42 Å². The predicted octanol–water partition coefficient (Wildman–Crippen LogP) is 5.76. The molecule has 0 radical (unpaired) electrons. The first-order valence-corrected chi connectivity index (χ1v) is 8.13. The smallest absolute Gasteiger partial charge is 0.120 e. The maximum absolute atomic E-state index is 5.36. The van der Waals surface area contributed by atoms with Gasteiger partial charge >= 0.3 is 0 Å². The summed E-state index contributed by atoms with van der Waals surface area (Å²) in [5, 5.41) is 1.36. The standard InChI is InChI=1S/C19H20OS/c1-5-15-16-10-9-14(20-4)11-17(16)21-19(15)18-12(2)7-6-8-13(18)3/h6-11H,5H2,1-4H3. The van der Waals surface area contributed by atoms with Crippen molar-refractivity contribution in [2.75, 3.05) is 7.11 Å². The van der Waals surface area contributed by atoms with Crippen molar-refractivity contribution in [3.05, 3.63) is 53.1 Å². The summed E-state index contributed by atoms with van der Waals surface area (Å²) in [4.78, 5) is 1.41. The fraction of sp³-hybridized carbons (Fsp3) is 0.263. The molecule has 1 heterocycles. The van der Waals surface area contributed by atoms with Crippen LogP contribution in [0, 0.1) is 13.8 Å². The average molecular weight is 296 g/mol. The molecule has 21 heavy (non-hydrogen) atoms. The summed E-state index contributed by atoms with van der Waals surface area (Å²) in [6.45, 7) is 6.64. The topological polar surface area (TPSA) is 9.23 Å². The Bertz CT molecular complexity index is 778. The number of hydrogen-bond donors (Lipinski definition) is 0. The maximum Gasteiger partial charge on any atom is 0.120 e. The highest BCUT2D eigenvalue weighted by Gasteiger charge is 2.16. The molecule has 0 amide bonds. The van der Waals surface area contributed by atoms with Crippen molar-refractivity contribution in [1.29, 1.82) is 0 Å². The maximum atomic E-state index is 5.36. The van der Waals surface area contributed by atoms with Crippen molar-refractivity contribution < 1.29 is 4.74 Å². The number of aryl methyl sites for hydroxylation is 3. The number of thiophene rings is 1. The van der Waals surface area contributed by atoms with E-state index in [2.05, 4.69) is 57.2 Å². The molecule has 0 fully saturated rings. The third-order valence-corrected chi connectivity index (χ3v) is 5.27. The molecule has 0 bridgehead atoms. The Morgan fingerprint density at radius 2 is 1.76 bits per heavy atom. The van der Waals surface area contributed by atoms with E-state index in [1.54, 1.807) is 7.11 Å². The van der Waals surface area contributed by atoms with Crippen LogP contribution in [0.2, 0.25) is 0 Å². The van der Waals surface area contributed by atoms with E-state index in [4.69, 9.17) is 4.74 Å². The Morgan fingerprint density at radius 3 is 2.38 bits per heavy atom. The molecule has 108 valence electrons. The van der Waals surface area contributed by atoms with Gasteiger partial charge in [-0.15, -0.1) is 11.3 Å². The van der Waals surface area contributed by atoms with E-state index in [0.29, 0.717) is 0 Å². The van der Waals surface area contributed by atoms with E-state index in [0.717, 1.165) is 12.2 Å². The summed E-state index contributed by atoms with van der Waals surface area (Å²) < 4.78 is 6.67. The van der Waals surface area contributed by atoms with Crippen LogP contribution in [0.15, 0.2) is 36.4 Å². The van der Waals surface area contributed by atoms with Crippen molar-refractivity contribution in [1.82, 2.24) is 0 Å². The van der Waals surface area contributed by atoms with Gasteiger partial charge in [0, 0.05) is 9.58 Å². The van der Waals surface area contributed by atoms with Crippen LogP contribution in [0.3, 0.4) is 0 Å². The van der Waals surface area contributed by atoms with Crippen molar-refractivity contribution in [3.63, 3.8) is 0 Å². The molecule has 1 aromatic heterocycles. The van der Waals surface area contributed by atoms with Crippen LogP contribution in [0.25, 0.3) is 20.5 Å². The Kier molecular flexibility index (Phi) is 3.73. The molecule has 0 aliphatic heterocycles. The van der Waals surface area contributed by atoms with E-state index in [1.807, 2.05) is 11.3 Å². The number of hydrogen-bond acceptors (Lipinski definition) is 2. The second-order valence-electron chi connectivity index (χ2n) is 5.39. The monoisotopic (exact) mass is 296 g/mol. The van der Waals surface area contributed by atoms with Crippen LogP contribution in [0.4, 0.5) is 0 Å². The van der Waals surface area contributed by atoms with E-state index in [-0.39, 0.29) is 0 Å². The SMILES string of the molecule is CCc1c(-c2c(C)cccc2C)sc2cc(OC)ccc12. The minimum atomic E-state index is 0.930. The number of rotatable bonds is 3. The van der Waals surface area contributed by atoms with Gasteiger partial charge in [-0.2, -0.15) is 0 Å². The first kappa shape index (κ1) is 14.2.